The SMILES string of the molecule is CC(Cc1ccc(-c2ccccc2)cc1)C(Cl)C(=O)O. The minimum Gasteiger partial charge on any atom is -0.480 e. The molecule has 0 saturated carbocycles. The maximum atomic E-state index is 10.8. The third kappa shape index (κ3) is 3.61. The zero-order valence-corrected chi connectivity index (χ0v) is 12.0. The van der Waals surface area contributed by atoms with Gasteiger partial charge in [-0.3, -0.25) is 4.79 Å². The molecule has 2 nitrogen and oxygen atoms in total. The molecular weight excluding hydrogens is 272 g/mol. The number of rotatable bonds is 5. The standard InChI is InChI=1S/C17H17ClO2/c1-12(16(18)17(19)20)11-13-7-9-15(10-8-13)14-5-3-2-4-6-14/h2-10,12,16H,11H2,1H3,(H,19,20). The van der Waals surface area contributed by atoms with Gasteiger partial charge in [0.15, 0.2) is 0 Å². The number of hydrogen-bond donors (Lipinski definition) is 1. The van der Waals surface area contributed by atoms with Gasteiger partial charge in [-0.2, -0.15) is 0 Å². The van der Waals surface area contributed by atoms with E-state index in [1.54, 1.807) is 0 Å². The predicted molar refractivity (Wildman–Crippen MR) is 82.0 cm³/mol. The average Bonchev–Trinajstić information content (AvgIpc) is 2.48. The first-order valence-electron chi connectivity index (χ1n) is 6.59. The van der Waals surface area contributed by atoms with Gasteiger partial charge in [-0.1, -0.05) is 61.5 Å². The Balaban J connectivity index is 2.07. The molecule has 2 aromatic carbocycles. The van der Waals surface area contributed by atoms with E-state index in [9.17, 15) is 4.79 Å². The number of carbonyl (C=O) groups is 1. The molecule has 3 heteroatoms. The van der Waals surface area contributed by atoms with Crippen LogP contribution in [0.2, 0.25) is 0 Å². The van der Waals surface area contributed by atoms with E-state index in [0.717, 1.165) is 11.1 Å². The summed E-state index contributed by atoms with van der Waals surface area (Å²) in [7, 11) is 0. The van der Waals surface area contributed by atoms with Crippen LogP contribution >= 0.6 is 11.6 Å². The Bertz CT molecular complexity index is 563. The van der Waals surface area contributed by atoms with Gasteiger partial charge in [0, 0.05) is 0 Å². The Hall–Kier alpha value is -1.80. The third-order valence-corrected chi connectivity index (χ3v) is 3.97. The number of benzene rings is 2. The van der Waals surface area contributed by atoms with Crippen LogP contribution < -0.4 is 0 Å². The number of carboxylic acid groups (broad SMARTS) is 1. The number of hydrogen-bond acceptors (Lipinski definition) is 1. The molecule has 2 atom stereocenters. The molecule has 0 aliphatic rings. The summed E-state index contributed by atoms with van der Waals surface area (Å²) < 4.78 is 0. The number of aliphatic carboxylic acids is 1. The molecule has 0 radical (unpaired) electrons. The fourth-order valence-electron chi connectivity index (χ4n) is 2.18. The van der Waals surface area contributed by atoms with Gasteiger partial charge in [-0.15, -0.1) is 11.6 Å². The van der Waals surface area contributed by atoms with E-state index in [-0.39, 0.29) is 5.92 Å². The molecule has 2 unspecified atom stereocenters. The van der Waals surface area contributed by atoms with E-state index in [4.69, 9.17) is 16.7 Å². The molecule has 0 aliphatic carbocycles. The topological polar surface area (TPSA) is 37.3 Å². The molecule has 2 rings (SSSR count). The predicted octanol–water partition coefficient (Wildman–Crippen LogP) is 4.22. The minimum atomic E-state index is -0.958. The third-order valence-electron chi connectivity index (χ3n) is 3.35. The van der Waals surface area contributed by atoms with Gasteiger partial charge < -0.3 is 5.11 Å². The average molecular weight is 289 g/mol. The number of halogens is 1. The van der Waals surface area contributed by atoms with Crippen molar-refractivity contribution >= 4 is 17.6 Å². The number of alkyl halides is 1. The molecule has 1 N–H and O–H groups in total. The molecule has 0 amide bonds. The van der Waals surface area contributed by atoms with Crippen molar-refractivity contribution in [2.75, 3.05) is 0 Å². The highest BCUT2D eigenvalue weighted by molar-refractivity contribution is 6.29. The van der Waals surface area contributed by atoms with Crippen LogP contribution in [0, 0.1) is 5.92 Å². The maximum absolute atomic E-state index is 10.8. The first-order chi connectivity index (χ1) is 9.58. The van der Waals surface area contributed by atoms with Crippen molar-refractivity contribution in [3.63, 3.8) is 0 Å². The zero-order chi connectivity index (χ0) is 14.5. The monoisotopic (exact) mass is 288 g/mol. The van der Waals surface area contributed by atoms with Gasteiger partial charge in [-0.05, 0) is 29.0 Å². The van der Waals surface area contributed by atoms with E-state index < -0.39 is 11.3 Å². The van der Waals surface area contributed by atoms with E-state index in [2.05, 4.69) is 24.3 Å². The Morgan fingerprint density at radius 2 is 1.60 bits per heavy atom. The first kappa shape index (κ1) is 14.6. The fourth-order valence-corrected chi connectivity index (χ4v) is 2.27. The summed E-state index contributed by atoms with van der Waals surface area (Å²) >= 11 is 5.84. The van der Waals surface area contributed by atoms with E-state index in [1.807, 2.05) is 37.3 Å². The van der Waals surface area contributed by atoms with Crippen LogP contribution in [0.3, 0.4) is 0 Å². The highest BCUT2D eigenvalue weighted by atomic mass is 35.5. The van der Waals surface area contributed by atoms with Gasteiger partial charge in [0.25, 0.3) is 0 Å². The lowest BCUT2D eigenvalue weighted by Gasteiger charge is -2.14. The molecule has 2 aromatic rings. The van der Waals surface area contributed by atoms with Crippen LogP contribution in [0.4, 0.5) is 0 Å². The summed E-state index contributed by atoms with van der Waals surface area (Å²) in [6.45, 7) is 1.86. The Morgan fingerprint density at radius 1 is 1.05 bits per heavy atom. The van der Waals surface area contributed by atoms with Crippen LogP contribution in [0.5, 0.6) is 0 Å². The van der Waals surface area contributed by atoms with Crippen LogP contribution in [0.25, 0.3) is 11.1 Å². The summed E-state index contributed by atoms with van der Waals surface area (Å²) in [6, 6.07) is 18.3. The molecule has 0 aliphatic heterocycles. The van der Waals surface area contributed by atoms with Crippen LogP contribution in [0.1, 0.15) is 12.5 Å². The molecule has 104 valence electrons. The molecule has 0 fully saturated rings. The lowest BCUT2D eigenvalue weighted by atomic mass is 9.96. The lowest BCUT2D eigenvalue weighted by molar-refractivity contribution is -0.137. The number of carboxylic acids is 1. The summed E-state index contributed by atoms with van der Waals surface area (Å²) in [5.41, 5.74) is 3.43. The Labute approximate surface area is 124 Å². The van der Waals surface area contributed by atoms with Crippen LogP contribution in [-0.2, 0) is 11.2 Å². The summed E-state index contributed by atoms with van der Waals surface area (Å²) in [4.78, 5) is 10.8. The quantitative estimate of drug-likeness (QED) is 0.836. The molecule has 0 aromatic heterocycles. The van der Waals surface area contributed by atoms with Crippen molar-refractivity contribution in [3.8, 4) is 11.1 Å². The molecule has 0 bridgehead atoms. The zero-order valence-electron chi connectivity index (χ0n) is 11.3. The van der Waals surface area contributed by atoms with Crippen LogP contribution in [-0.4, -0.2) is 16.5 Å². The second kappa shape index (κ2) is 6.58. The normalized spacial score (nSPS) is 13.7. The van der Waals surface area contributed by atoms with E-state index >= 15 is 0 Å². The highest BCUT2D eigenvalue weighted by Crippen LogP contribution is 2.22. The van der Waals surface area contributed by atoms with E-state index in [0.29, 0.717) is 6.42 Å². The molecule has 0 saturated heterocycles. The highest BCUT2D eigenvalue weighted by Gasteiger charge is 2.21. The van der Waals surface area contributed by atoms with Crippen molar-refractivity contribution in [3.05, 3.63) is 60.2 Å². The summed E-state index contributed by atoms with van der Waals surface area (Å²) in [5.74, 6) is -1.06. The molecular formula is C17H17ClO2. The Kier molecular flexibility index (Phi) is 4.80. The van der Waals surface area contributed by atoms with E-state index in [1.165, 1.54) is 5.56 Å². The van der Waals surface area contributed by atoms with Crippen LogP contribution in [0.15, 0.2) is 54.6 Å². The van der Waals surface area contributed by atoms with Crippen molar-refractivity contribution in [1.82, 2.24) is 0 Å². The van der Waals surface area contributed by atoms with Crippen molar-refractivity contribution in [1.29, 1.82) is 0 Å². The second-order valence-corrected chi connectivity index (χ2v) is 5.45. The van der Waals surface area contributed by atoms with Gasteiger partial charge >= 0.3 is 5.97 Å². The lowest BCUT2D eigenvalue weighted by Crippen LogP contribution is -2.23. The van der Waals surface area contributed by atoms with Gasteiger partial charge in [0.1, 0.15) is 5.38 Å². The van der Waals surface area contributed by atoms with Crippen molar-refractivity contribution in [2.24, 2.45) is 5.92 Å². The minimum absolute atomic E-state index is 0.100. The van der Waals surface area contributed by atoms with Crippen molar-refractivity contribution in [2.45, 2.75) is 18.7 Å². The summed E-state index contributed by atoms with van der Waals surface area (Å²) in [6.07, 6.45) is 0.662. The molecule has 0 heterocycles. The van der Waals surface area contributed by atoms with Crippen molar-refractivity contribution < 1.29 is 9.90 Å². The molecule has 0 spiro atoms. The first-order valence-corrected chi connectivity index (χ1v) is 7.03. The van der Waals surface area contributed by atoms with Gasteiger partial charge in [0.05, 0.1) is 0 Å². The second-order valence-electron chi connectivity index (χ2n) is 4.98. The Morgan fingerprint density at radius 3 is 2.15 bits per heavy atom. The fraction of sp³-hybridized carbons (Fsp3) is 0.235. The smallest absolute Gasteiger partial charge is 0.321 e. The maximum Gasteiger partial charge on any atom is 0.321 e. The molecule has 20 heavy (non-hydrogen) atoms. The largest absolute Gasteiger partial charge is 0.480 e. The van der Waals surface area contributed by atoms with Gasteiger partial charge in [-0.25, -0.2) is 0 Å². The summed E-state index contributed by atoms with van der Waals surface area (Å²) in [5, 5.41) is 8.05. The van der Waals surface area contributed by atoms with Gasteiger partial charge in [0.2, 0.25) is 0 Å².